The van der Waals surface area contributed by atoms with Crippen molar-refractivity contribution in [1.82, 2.24) is 4.98 Å². The van der Waals surface area contributed by atoms with Crippen molar-refractivity contribution in [2.45, 2.75) is 6.92 Å². The van der Waals surface area contributed by atoms with Gasteiger partial charge >= 0.3 is 0 Å². The molecule has 0 fully saturated rings. The van der Waals surface area contributed by atoms with Gasteiger partial charge in [-0.3, -0.25) is 4.79 Å². The van der Waals surface area contributed by atoms with Gasteiger partial charge in [-0.05, 0) is 52.7 Å². The van der Waals surface area contributed by atoms with Crippen molar-refractivity contribution < 1.29 is 13.6 Å². The molecule has 0 bridgehead atoms. The van der Waals surface area contributed by atoms with Crippen LogP contribution in [0.3, 0.4) is 0 Å². The number of hydrogen-bond acceptors (Lipinski definition) is 2. The van der Waals surface area contributed by atoms with Crippen molar-refractivity contribution in [2.24, 2.45) is 5.73 Å². The van der Waals surface area contributed by atoms with Gasteiger partial charge in [-0.1, -0.05) is 0 Å². The Hall–Kier alpha value is -1.82. The van der Waals surface area contributed by atoms with Crippen LogP contribution in [0.5, 0.6) is 0 Å². The molecule has 1 heterocycles. The van der Waals surface area contributed by atoms with Crippen LogP contribution in [-0.4, -0.2) is 10.9 Å². The standard InChI is InChI=1S/C13H9BrF2N2O/c1-6-4-10(16)12(18-11(6)13(17)19)7-2-3-9(15)8(14)5-7/h2-5H,1H3,(H2,17,19). The summed E-state index contributed by atoms with van der Waals surface area (Å²) in [6.07, 6.45) is 0. The largest absolute Gasteiger partial charge is 0.364 e. The normalized spacial score (nSPS) is 10.5. The topological polar surface area (TPSA) is 56.0 Å². The third-order valence-electron chi connectivity index (χ3n) is 2.59. The molecule has 98 valence electrons. The number of carbonyl (C=O) groups is 1. The first kappa shape index (κ1) is 13.6. The number of hydrogen-bond donors (Lipinski definition) is 1. The summed E-state index contributed by atoms with van der Waals surface area (Å²) in [7, 11) is 0. The van der Waals surface area contributed by atoms with Gasteiger partial charge in [0.2, 0.25) is 0 Å². The molecule has 1 amide bonds. The van der Waals surface area contributed by atoms with E-state index < -0.39 is 17.5 Å². The van der Waals surface area contributed by atoms with Crippen LogP contribution < -0.4 is 5.73 Å². The number of rotatable bonds is 2. The van der Waals surface area contributed by atoms with E-state index in [1.165, 1.54) is 24.3 Å². The van der Waals surface area contributed by atoms with E-state index >= 15 is 0 Å². The van der Waals surface area contributed by atoms with E-state index in [1.807, 2.05) is 0 Å². The fourth-order valence-corrected chi connectivity index (χ4v) is 2.05. The van der Waals surface area contributed by atoms with E-state index in [4.69, 9.17) is 5.73 Å². The molecule has 0 aliphatic heterocycles. The first-order valence-corrected chi connectivity index (χ1v) is 6.12. The monoisotopic (exact) mass is 326 g/mol. The number of aryl methyl sites for hydroxylation is 1. The average molecular weight is 327 g/mol. The molecular weight excluding hydrogens is 318 g/mol. The zero-order valence-corrected chi connectivity index (χ0v) is 11.5. The molecule has 2 rings (SSSR count). The molecule has 0 radical (unpaired) electrons. The smallest absolute Gasteiger partial charge is 0.267 e. The lowest BCUT2D eigenvalue weighted by molar-refractivity contribution is 0.0995. The van der Waals surface area contributed by atoms with E-state index in [-0.39, 0.29) is 15.9 Å². The Morgan fingerprint density at radius 3 is 2.53 bits per heavy atom. The van der Waals surface area contributed by atoms with Crippen LogP contribution in [0.1, 0.15) is 16.1 Å². The highest BCUT2D eigenvalue weighted by Crippen LogP contribution is 2.27. The molecule has 0 aliphatic carbocycles. The Bertz CT molecular complexity index is 674. The third-order valence-corrected chi connectivity index (χ3v) is 3.20. The lowest BCUT2D eigenvalue weighted by atomic mass is 10.1. The van der Waals surface area contributed by atoms with Crippen LogP contribution in [0.2, 0.25) is 0 Å². The maximum atomic E-state index is 13.9. The van der Waals surface area contributed by atoms with E-state index in [9.17, 15) is 13.6 Å². The minimum atomic E-state index is -0.736. The van der Waals surface area contributed by atoms with Crippen molar-refractivity contribution in [3.05, 3.63) is 51.6 Å². The minimum Gasteiger partial charge on any atom is -0.364 e. The molecule has 2 N–H and O–H groups in total. The van der Waals surface area contributed by atoms with Gasteiger partial charge in [0.25, 0.3) is 5.91 Å². The molecule has 0 saturated heterocycles. The van der Waals surface area contributed by atoms with Crippen molar-refractivity contribution >= 4 is 21.8 Å². The molecule has 6 heteroatoms. The quantitative estimate of drug-likeness (QED) is 0.921. The lowest BCUT2D eigenvalue weighted by Gasteiger charge is -2.08. The molecule has 1 aromatic carbocycles. The van der Waals surface area contributed by atoms with Gasteiger partial charge in [-0.25, -0.2) is 13.8 Å². The van der Waals surface area contributed by atoms with Gasteiger partial charge in [-0.2, -0.15) is 0 Å². The van der Waals surface area contributed by atoms with Crippen LogP contribution in [0.15, 0.2) is 28.7 Å². The fraction of sp³-hybridized carbons (Fsp3) is 0.0769. The summed E-state index contributed by atoms with van der Waals surface area (Å²) in [6, 6.07) is 5.14. The summed E-state index contributed by atoms with van der Waals surface area (Å²) in [5, 5.41) is 0. The number of benzene rings is 1. The van der Waals surface area contributed by atoms with Gasteiger partial charge in [-0.15, -0.1) is 0 Å². The highest BCUT2D eigenvalue weighted by atomic mass is 79.9. The number of halogens is 3. The minimum absolute atomic E-state index is 0.00292. The molecule has 0 saturated carbocycles. The number of pyridine rings is 1. The number of nitrogens with two attached hydrogens (primary N) is 1. The number of amides is 1. The molecule has 3 nitrogen and oxygen atoms in total. The van der Waals surface area contributed by atoms with Crippen molar-refractivity contribution in [3.8, 4) is 11.3 Å². The maximum absolute atomic E-state index is 13.9. The number of nitrogens with zero attached hydrogens (tertiary/aromatic N) is 1. The third kappa shape index (κ3) is 2.63. The summed E-state index contributed by atoms with van der Waals surface area (Å²) in [5.41, 5.74) is 5.84. The van der Waals surface area contributed by atoms with Crippen LogP contribution in [0.25, 0.3) is 11.3 Å². The first-order valence-electron chi connectivity index (χ1n) is 5.32. The second kappa shape index (κ2) is 5.05. The Morgan fingerprint density at radius 2 is 1.95 bits per heavy atom. The van der Waals surface area contributed by atoms with Gasteiger partial charge in [0.1, 0.15) is 23.0 Å². The van der Waals surface area contributed by atoms with Crippen LogP contribution in [0, 0.1) is 18.6 Å². The van der Waals surface area contributed by atoms with Crippen LogP contribution in [0.4, 0.5) is 8.78 Å². The van der Waals surface area contributed by atoms with Gasteiger partial charge in [0.05, 0.1) is 4.47 Å². The van der Waals surface area contributed by atoms with E-state index in [0.29, 0.717) is 11.1 Å². The zero-order valence-electron chi connectivity index (χ0n) is 9.88. The Kier molecular flexibility index (Phi) is 3.61. The van der Waals surface area contributed by atoms with Crippen LogP contribution >= 0.6 is 15.9 Å². The molecule has 0 spiro atoms. The lowest BCUT2D eigenvalue weighted by Crippen LogP contribution is -2.16. The Morgan fingerprint density at radius 1 is 1.26 bits per heavy atom. The predicted molar refractivity (Wildman–Crippen MR) is 70.5 cm³/mol. The van der Waals surface area contributed by atoms with Crippen molar-refractivity contribution in [3.63, 3.8) is 0 Å². The number of primary amides is 1. The summed E-state index contributed by atoms with van der Waals surface area (Å²) < 4.78 is 27.2. The molecular formula is C13H9BrF2N2O. The Balaban J connectivity index is 2.64. The number of carbonyl (C=O) groups excluding carboxylic acids is 1. The Labute approximate surface area is 116 Å². The molecule has 1 aromatic heterocycles. The van der Waals surface area contributed by atoms with Crippen molar-refractivity contribution in [2.75, 3.05) is 0 Å². The number of aromatic nitrogens is 1. The van der Waals surface area contributed by atoms with Crippen molar-refractivity contribution in [1.29, 1.82) is 0 Å². The van der Waals surface area contributed by atoms with Crippen LogP contribution in [-0.2, 0) is 0 Å². The summed E-state index contributed by atoms with van der Waals surface area (Å²) in [4.78, 5) is 15.1. The SMILES string of the molecule is Cc1cc(F)c(-c2ccc(F)c(Br)c2)nc1C(N)=O. The van der Waals surface area contributed by atoms with E-state index in [1.54, 1.807) is 6.92 Å². The second-order valence-electron chi connectivity index (χ2n) is 3.98. The molecule has 0 unspecified atom stereocenters. The first-order chi connectivity index (χ1) is 8.90. The highest BCUT2D eigenvalue weighted by molar-refractivity contribution is 9.10. The summed E-state index contributed by atoms with van der Waals surface area (Å²) in [5.74, 6) is -1.80. The molecule has 0 atom stereocenters. The maximum Gasteiger partial charge on any atom is 0.267 e. The molecule has 2 aromatic rings. The summed E-state index contributed by atoms with van der Waals surface area (Å²) >= 11 is 3.01. The van der Waals surface area contributed by atoms with Gasteiger partial charge in [0.15, 0.2) is 0 Å². The molecule has 19 heavy (non-hydrogen) atoms. The fourth-order valence-electron chi connectivity index (χ4n) is 1.68. The van der Waals surface area contributed by atoms with E-state index in [0.717, 1.165) is 0 Å². The van der Waals surface area contributed by atoms with E-state index in [2.05, 4.69) is 20.9 Å². The zero-order chi connectivity index (χ0) is 14.2. The molecule has 0 aliphatic rings. The average Bonchev–Trinajstić information content (AvgIpc) is 2.32. The van der Waals surface area contributed by atoms with Gasteiger partial charge in [0, 0.05) is 5.56 Å². The summed E-state index contributed by atoms with van der Waals surface area (Å²) in [6.45, 7) is 1.54. The van der Waals surface area contributed by atoms with Gasteiger partial charge < -0.3 is 5.73 Å². The second-order valence-corrected chi connectivity index (χ2v) is 4.83. The highest BCUT2D eigenvalue weighted by Gasteiger charge is 2.15. The predicted octanol–water partition coefficient (Wildman–Crippen LogP) is 3.20.